The van der Waals surface area contributed by atoms with Crippen LogP contribution in [-0.4, -0.2) is 30.1 Å². The van der Waals surface area contributed by atoms with Crippen molar-refractivity contribution in [3.05, 3.63) is 12.2 Å². The van der Waals surface area contributed by atoms with E-state index in [1.807, 2.05) is 12.2 Å². The summed E-state index contributed by atoms with van der Waals surface area (Å²) in [6, 6.07) is 0. The maximum atomic E-state index is 11.6. The molecule has 5 heteroatoms. The molecule has 0 fully saturated rings. The average molecular weight is 212 g/mol. The number of nitrogens with one attached hydrogen (secondary N) is 1. The number of aliphatic carboxylic acids is 1. The van der Waals surface area contributed by atoms with Gasteiger partial charge in [0.15, 0.2) is 0 Å². The molecule has 0 spiro atoms. The van der Waals surface area contributed by atoms with Crippen LogP contribution < -0.4 is 11.1 Å². The van der Waals surface area contributed by atoms with Crippen molar-refractivity contribution >= 4 is 11.9 Å². The molecule has 0 saturated carbocycles. The Labute approximate surface area is 88.3 Å². The smallest absolute Gasteiger partial charge is 0.307 e. The van der Waals surface area contributed by atoms with Crippen molar-refractivity contribution in [3.63, 3.8) is 0 Å². The normalized spacial score (nSPS) is 24.9. The zero-order chi connectivity index (χ0) is 11.3. The molecule has 1 aliphatic carbocycles. The van der Waals surface area contributed by atoms with Gasteiger partial charge in [0, 0.05) is 13.1 Å². The molecule has 0 aromatic heterocycles. The van der Waals surface area contributed by atoms with Gasteiger partial charge in [-0.25, -0.2) is 0 Å². The minimum absolute atomic E-state index is 0.211. The molecular formula is C10H16N2O3. The lowest BCUT2D eigenvalue weighted by Crippen LogP contribution is -2.40. The van der Waals surface area contributed by atoms with Crippen molar-refractivity contribution in [2.24, 2.45) is 17.6 Å². The van der Waals surface area contributed by atoms with E-state index in [-0.39, 0.29) is 5.91 Å². The number of carbonyl (C=O) groups is 2. The van der Waals surface area contributed by atoms with E-state index in [0.717, 1.165) is 0 Å². The van der Waals surface area contributed by atoms with E-state index < -0.39 is 17.8 Å². The Balaban J connectivity index is 2.60. The SMILES string of the molecule is NCCNC(=O)[C@@H]1CC=CC[C@@H]1C(=O)O. The molecule has 0 aromatic rings. The highest BCUT2D eigenvalue weighted by atomic mass is 16.4. The molecule has 4 N–H and O–H groups in total. The second-order valence-electron chi connectivity index (χ2n) is 3.57. The fraction of sp³-hybridized carbons (Fsp3) is 0.600. The average Bonchev–Trinajstić information content (AvgIpc) is 2.25. The summed E-state index contributed by atoms with van der Waals surface area (Å²) in [6.07, 6.45) is 4.58. The highest BCUT2D eigenvalue weighted by Crippen LogP contribution is 2.25. The Morgan fingerprint density at radius 1 is 1.33 bits per heavy atom. The summed E-state index contributed by atoms with van der Waals surface area (Å²) in [7, 11) is 0. The Morgan fingerprint density at radius 2 is 1.93 bits per heavy atom. The monoisotopic (exact) mass is 212 g/mol. The van der Waals surface area contributed by atoms with Crippen molar-refractivity contribution in [3.8, 4) is 0 Å². The first kappa shape index (κ1) is 11.7. The molecule has 1 amide bonds. The fourth-order valence-corrected chi connectivity index (χ4v) is 1.70. The van der Waals surface area contributed by atoms with Gasteiger partial charge in [-0.05, 0) is 12.8 Å². The summed E-state index contributed by atoms with van der Waals surface area (Å²) in [4.78, 5) is 22.5. The lowest BCUT2D eigenvalue weighted by atomic mass is 9.82. The van der Waals surface area contributed by atoms with Crippen molar-refractivity contribution < 1.29 is 14.7 Å². The molecule has 0 unspecified atom stereocenters. The zero-order valence-electron chi connectivity index (χ0n) is 8.48. The van der Waals surface area contributed by atoms with Gasteiger partial charge in [-0.1, -0.05) is 12.2 Å². The third kappa shape index (κ3) is 3.06. The van der Waals surface area contributed by atoms with E-state index in [1.165, 1.54) is 0 Å². The first-order valence-corrected chi connectivity index (χ1v) is 5.02. The van der Waals surface area contributed by atoms with E-state index in [9.17, 15) is 9.59 Å². The number of hydrogen-bond donors (Lipinski definition) is 3. The van der Waals surface area contributed by atoms with Crippen LogP contribution in [0.25, 0.3) is 0 Å². The quantitative estimate of drug-likeness (QED) is 0.559. The summed E-state index contributed by atoms with van der Waals surface area (Å²) in [5.41, 5.74) is 5.26. The van der Waals surface area contributed by atoms with Crippen molar-refractivity contribution in [2.75, 3.05) is 13.1 Å². The van der Waals surface area contributed by atoms with Crippen molar-refractivity contribution in [1.29, 1.82) is 0 Å². The fourth-order valence-electron chi connectivity index (χ4n) is 1.70. The van der Waals surface area contributed by atoms with Gasteiger partial charge in [-0.3, -0.25) is 9.59 Å². The largest absolute Gasteiger partial charge is 0.481 e. The lowest BCUT2D eigenvalue weighted by Gasteiger charge is -2.24. The molecule has 2 atom stereocenters. The number of carboxylic acids is 1. The predicted octanol–water partition coefficient (Wildman–Crippen LogP) is -0.272. The van der Waals surface area contributed by atoms with E-state index in [1.54, 1.807) is 0 Å². The van der Waals surface area contributed by atoms with Gasteiger partial charge in [-0.2, -0.15) is 0 Å². The van der Waals surface area contributed by atoms with Crippen molar-refractivity contribution in [2.45, 2.75) is 12.8 Å². The van der Waals surface area contributed by atoms with Gasteiger partial charge in [0.2, 0.25) is 5.91 Å². The van der Waals surface area contributed by atoms with Crippen LogP contribution in [0.15, 0.2) is 12.2 Å². The first-order valence-electron chi connectivity index (χ1n) is 5.02. The van der Waals surface area contributed by atoms with Gasteiger partial charge in [0.05, 0.1) is 11.8 Å². The number of hydrogen-bond acceptors (Lipinski definition) is 3. The van der Waals surface area contributed by atoms with Crippen LogP contribution in [-0.2, 0) is 9.59 Å². The topological polar surface area (TPSA) is 92.4 Å². The predicted molar refractivity (Wildman–Crippen MR) is 55.1 cm³/mol. The molecule has 0 heterocycles. The molecule has 0 aliphatic heterocycles. The highest BCUT2D eigenvalue weighted by Gasteiger charge is 2.33. The summed E-state index contributed by atoms with van der Waals surface area (Å²) in [6.45, 7) is 0.761. The number of amides is 1. The van der Waals surface area contributed by atoms with Crippen LogP contribution in [0.4, 0.5) is 0 Å². The van der Waals surface area contributed by atoms with Gasteiger partial charge in [0.25, 0.3) is 0 Å². The third-order valence-electron chi connectivity index (χ3n) is 2.53. The summed E-state index contributed by atoms with van der Waals surface area (Å²) < 4.78 is 0. The Morgan fingerprint density at radius 3 is 2.47 bits per heavy atom. The first-order chi connectivity index (χ1) is 7.16. The number of carboxylic acid groups (broad SMARTS) is 1. The van der Waals surface area contributed by atoms with Crippen LogP contribution in [0.1, 0.15) is 12.8 Å². The second-order valence-corrected chi connectivity index (χ2v) is 3.57. The molecular weight excluding hydrogens is 196 g/mol. The number of allylic oxidation sites excluding steroid dienone is 2. The van der Waals surface area contributed by atoms with E-state index in [4.69, 9.17) is 10.8 Å². The molecule has 5 nitrogen and oxygen atoms in total. The molecule has 0 aromatic carbocycles. The standard InChI is InChI=1S/C10H16N2O3/c11-5-6-12-9(13)7-3-1-2-4-8(7)10(14)15/h1-2,7-8H,3-6,11H2,(H,12,13)(H,14,15)/t7-,8+/m1/s1. The highest BCUT2D eigenvalue weighted by molar-refractivity contribution is 5.85. The molecule has 1 aliphatic rings. The minimum atomic E-state index is -0.910. The minimum Gasteiger partial charge on any atom is -0.481 e. The van der Waals surface area contributed by atoms with E-state index in [0.29, 0.717) is 25.9 Å². The Kier molecular flexibility index (Phi) is 4.30. The molecule has 0 bridgehead atoms. The Bertz CT molecular complexity index is 276. The van der Waals surface area contributed by atoms with E-state index >= 15 is 0 Å². The maximum Gasteiger partial charge on any atom is 0.307 e. The number of carbonyl (C=O) groups excluding carboxylic acids is 1. The number of rotatable bonds is 4. The van der Waals surface area contributed by atoms with Gasteiger partial charge in [-0.15, -0.1) is 0 Å². The van der Waals surface area contributed by atoms with Gasteiger partial charge < -0.3 is 16.2 Å². The van der Waals surface area contributed by atoms with Crippen LogP contribution >= 0.6 is 0 Å². The van der Waals surface area contributed by atoms with Crippen LogP contribution in [0.5, 0.6) is 0 Å². The molecule has 15 heavy (non-hydrogen) atoms. The van der Waals surface area contributed by atoms with Gasteiger partial charge >= 0.3 is 5.97 Å². The molecule has 0 saturated heterocycles. The van der Waals surface area contributed by atoms with Crippen molar-refractivity contribution in [1.82, 2.24) is 5.32 Å². The van der Waals surface area contributed by atoms with Crippen LogP contribution in [0, 0.1) is 11.8 Å². The maximum absolute atomic E-state index is 11.6. The van der Waals surface area contributed by atoms with Gasteiger partial charge in [0.1, 0.15) is 0 Å². The Hall–Kier alpha value is -1.36. The summed E-state index contributed by atoms with van der Waals surface area (Å²) in [5, 5.41) is 11.6. The van der Waals surface area contributed by atoms with E-state index in [2.05, 4.69) is 5.32 Å². The second kappa shape index (κ2) is 5.50. The molecule has 1 rings (SSSR count). The van der Waals surface area contributed by atoms with Crippen LogP contribution in [0.2, 0.25) is 0 Å². The summed E-state index contributed by atoms with van der Waals surface area (Å²) >= 11 is 0. The van der Waals surface area contributed by atoms with Crippen LogP contribution in [0.3, 0.4) is 0 Å². The molecule has 84 valence electrons. The number of nitrogens with two attached hydrogens (primary N) is 1. The lowest BCUT2D eigenvalue weighted by molar-refractivity contribution is -0.147. The summed E-state index contributed by atoms with van der Waals surface area (Å²) in [5.74, 6) is -2.18. The molecule has 0 radical (unpaired) electrons. The third-order valence-corrected chi connectivity index (χ3v) is 2.53. The zero-order valence-corrected chi connectivity index (χ0v) is 8.48.